The summed E-state index contributed by atoms with van der Waals surface area (Å²) < 4.78 is 26.7. The van der Waals surface area contributed by atoms with E-state index in [1.165, 1.54) is 18.2 Å². The number of benzene rings is 2. The molecule has 0 aliphatic rings. The van der Waals surface area contributed by atoms with Crippen molar-refractivity contribution in [1.82, 2.24) is 3.97 Å². The van der Waals surface area contributed by atoms with Gasteiger partial charge in [-0.05, 0) is 36.8 Å². The highest BCUT2D eigenvalue weighted by Crippen LogP contribution is 2.26. The highest BCUT2D eigenvalue weighted by Gasteiger charge is 2.26. The zero-order valence-electron chi connectivity index (χ0n) is 11.7. The molecule has 3 rings (SSSR count). The van der Waals surface area contributed by atoms with Crippen LogP contribution in [0.3, 0.4) is 0 Å². The molecule has 0 spiro atoms. The average molecular weight is 315 g/mol. The van der Waals surface area contributed by atoms with Gasteiger partial charge in [-0.25, -0.2) is 17.2 Å². The minimum absolute atomic E-state index is 0.0661. The number of carboxylic acids is 1. The normalized spacial score (nSPS) is 11.7. The Morgan fingerprint density at radius 2 is 1.77 bits per heavy atom. The molecule has 5 nitrogen and oxygen atoms in total. The third kappa shape index (κ3) is 2.17. The fourth-order valence-corrected chi connectivity index (χ4v) is 4.03. The summed E-state index contributed by atoms with van der Waals surface area (Å²) in [6.45, 7) is 1.78. The summed E-state index contributed by atoms with van der Waals surface area (Å²) in [6.07, 6.45) is 0. The quantitative estimate of drug-likeness (QED) is 0.806. The van der Waals surface area contributed by atoms with E-state index in [1.807, 2.05) is 0 Å². The fourth-order valence-electron chi connectivity index (χ4n) is 2.42. The minimum Gasteiger partial charge on any atom is -0.477 e. The van der Waals surface area contributed by atoms with Gasteiger partial charge in [0.25, 0.3) is 10.0 Å². The van der Waals surface area contributed by atoms with Crippen molar-refractivity contribution in [3.63, 3.8) is 0 Å². The molecule has 0 amide bonds. The number of hydrogen-bond acceptors (Lipinski definition) is 3. The van der Waals surface area contributed by atoms with E-state index in [0.717, 1.165) is 9.54 Å². The Morgan fingerprint density at radius 3 is 2.45 bits per heavy atom. The van der Waals surface area contributed by atoms with Gasteiger partial charge in [0.15, 0.2) is 0 Å². The molecule has 0 aliphatic heterocycles. The SMILES string of the molecule is Cc1cccc(S(=O)(=O)n2c(C(=O)O)cc3ccccc32)c1. The molecule has 6 heteroatoms. The molecule has 0 aliphatic carbocycles. The maximum absolute atomic E-state index is 12.9. The van der Waals surface area contributed by atoms with Gasteiger partial charge in [0.2, 0.25) is 0 Å². The number of hydrogen-bond donors (Lipinski definition) is 1. The third-order valence-corrected chi connectivity index (χ3v) is 5.14. The zero-order valence-corrected chi connectivity index (χ0v) is 12.5. The smallest absolute Gasteiger partial charge is 0.353 e. The molecule has 112 valence electrons. The molecule has 0 saturated carbocycles. The second-order valence-electron chi connectivity index (χ2n) is 4.98. The lowest BCUT2D eigenvalue weighted by Gasteiger charge is -2.10. The fraction of sp³-hybridized carbons (Fsp3) is 0.0625. The molecule has 2 aromatic carbocycles. The molecule has 22 heavy (non-hydrogen) atoms. The van der Waals surface area contributed by atoms with Crippen LogP contribution in [-0.4, -0.2) is 23.5 Å². The van der Waals surface area contributed by atoms with Gasteiger partial charge in [-0.1, -0.05) is 30.3 Å². The van der Waals surface area contributed by atoms with Gasteiger partial charge in [-0.15, -0.1) is 0 Å². The van der Waals surface area contributed by atoms with Gasteiger partial charge in [-0.3, -0.25) is 0 Å². The van der Waals surface area contributed by atoms with Crippen molar-refractivity contribution < 1.29 is 18.3 Å². The van der Waals surface area contributed by atoms with Crippen molar-refractivity contribution in [2.75, 3.05) is 0 Å². The molecule has 1 heterocycles. The van der Waals surface area contributed by atoms with Gasteiger partial charge in [0.1, 0.15) is 5.69 Å². The molecule has 0 unspecified atom stereocenters. The van der Waals surface area contributed by atoms with Crippen LogP contribution in [0.2, 0.25) is 0 Å². The standard InChI is InChI=1S/C16H13NO4S/c1-11-5-4-7-13(9-11)22(20,21)17-14-8-3-2-6-12(14)10-15(17)16(18)19/h2-10H,1H3,(H,18,19). The first-order valence-corrected chi connectivity index (χ1v) is 8.01. The molecule has 0 saturated heterocycles. The van der Waals surface area contributed by atoms with Crippen LogP contribution in [0.4, 0.5) is 0 Å². The van der Waals surface area contributed by atoms with Crippen molar-refractivity contribution in [2.45, 2.75) is 11.8 Å². The van der Waals surface area contributed by atoms with Crippen LogP contribution in [0, 0.1) is 6.92 Å². The summed E-state index contributed by atoms with van der Waals surface area (Å²) in [5.41, 5.74) is 0.860. The van der Waals surface area contributed by atoms with Crippen LogP contribution in [-0.2, 0) is 10.0 Å². The van der Waals surface area contributed by atoms with Crippen molar-refractivity contribution >= 4 is 26.9 Å². The molecule has 1 N–H and O–H groups in total. The van der Waals surface area contributed by atoms with Crippen LogP contribution in [0.5, 0.6) is 0 Å². The molecule has 0 bridgehead atoms. The lowest BCUT2D eigenvalue weighted by molar-refractivity contribution is 0.0689. The first-order chi connectivity index (χ1) is 10.4. The van der Waals surface area contributed by atoms with Gasteiger partial charge in [-0.2, -0.15) is 0 Å². The predicted octanol–water partition coefficient (Wildman–Crippen LogP) is 2.88. The van der Waals surface area contributed by atoms with Crippen LogP contribution in [0.15, 0.2) is 59.5 Å². The molecule has 0 radical (unpaired) electrons. The number of para-hydroxylation sites is 1. The second kappa shape index (κ2) is 4.99. The Bertz CT molecular complexity index is 986. The van der Waals surface area contributed by atoms with Crippen LogP contribution < -0.4 is 0 Å². The van der Waals surface area contributed by atoms with E-state index in [2.05, 4.69) is 0 Å². The van der Waals surface area contributed by atoms with Crippen molar-refractivity contribution in [1.29, 1.82) is 0 Å². The third-order valence-electron chi connectivity index (χ3n) is 3.41. The monoisotopic (exact) mass is 315 g/mol. The van der Waals surface area contributed by atoms with Gasteiger partial charge < -0.3 is 5.11 Å². The summed E-state index contributed by atoms with van der Waals surface area (Å²) >= 11 is 0. The van der Waals surface area contributed by atoms with Crippen molar-refractivity contribution in [3.8, 4) is 0 Å². The number of carboxylic acid groups (broad SMARTS) is 1. The van der Waals surface area contributed by atoms with Gasteiger partial charge >= 0.3 is 5.97 Å². The van der Waals surface area contributed by atoms with Crippen LogP contribution in [0.25, 0.3) is 10.9 Å². The predicted molar refractivity (Wildman–Crippen MR) is 82.7 cm³/mol. The Labute approximate surface area is 127 Å². The highest BCUT2D eigenvalue weighted by molar-refractivity contribution is 7.90. The molecular weight excluding hydrogens is 302 g/mol. The molecule has 0 atom stereocenters. The molecule has 1 aromatic heterocycles. The summed E-state index contributed by atoms with van der Waals surface area (Å²) in [7, 11) is -3.98. The van der Waals surface area contributed by atoms with Crippen molar-refractivity contribution in [2.24, 2.45) is 0 Å². The van der Waals surface area contributed by atoms with Crippen molar-refractivity contribution in [3.05, 3.63) is 65.9 Å². The van der Waals surface area contributed by atoms with Gasteiger partial charge in [0.05, 0.1) is 10.4 Å². The zero-order chi connectivity index (χ0) is 15.9. The Morgan fingerprint density at radius 1 is 1.05 bits per heavy atom. The molecule has 3 aromatic rings. The summed E-state index contributed by atoms with van der Waals surface area (Å²) in [5, 5.41) is 9.91. The van der Waals surface area contributed by atoms with Gasteiger partial charge in [0, 0.05) is 5.39 Å². The molecular formula is C16H13NO4S. The average Bonchev–Trinajstić information content (AvgIpc) is 2.87. The van der Waals surface area contributed by atoms with E-state index in [4.69, 9.17) is 0 Å². The van der Waals surface area contributed by atoms with Crippen LogP contribution >= 0.6 is 0 Å². The van der Waals surface area contributed by atoms with E-state index in [0.29, 0.717) is 10.9 Å². The largest absolute Gasteiger partial charge is 0.477 e. The van der Waals surface area contributed by atoms with E-state index >= 15 is 0 Å². The lowest BCUT2D eigenvalue weighted by atomic mass is 10.2. The summed E-state index contributed by atoms with van der Waals surface area (Å²) in [4.78, 5) is 11.5. The number of carbonyl (C=O) groups is 1. The lowest BCUT2D eigenvalue weighted by Crippen LogP contribution is -2.18. The Balaban J connectivity index is 2.38. The first kappa shape index (κ1) is 14.3. The van der Waals surface area contributed by atoms with E-state index in [1.54, 1.807) is 43.3 Å². The number of fused-ring (bicyclic) bond motifs is 1. The summed E-state index contributed by atoms with van der Waals surface area (Å²) in [5.74, 6) is -1.28. The molecule has 0 fully saturated rings. The summed E-state index contributed by atoms with van der Waals surface area (Å²) in [6, 6.07) is 14.5. The first-order valence-electron chi connectivity index (χ1n) is 6.57. The number of aryl methyl sites for hydroxylation is 1. The number of nitrogens with zero attached hydrogens (tertiary/aromatic N) is 1. The van der Waals surface area contributed by atoms with E-state index in [-0.39, 0.29) is 10.6 Å². The Hall–Kier alpha value is -2.60. The minimum atomic E-state index is -3.98. The topological polar surface area (TPSA) is 76.4 Å². The maximum Gasteiger partial charge on any atom is 0.353 e. The van der Waals surface area contributed by atoms with E-state index in [9.17, 15) is 18.3 Å². The highest BCUT2D eigenvalue weighted by atomic mass is 32.2. The number of aromatic carboxylic acids is 1. The number of aromatic nitrogens is 1. The van der Waals surface area contributed by atoms with Crippen LogP contribution in [0.1, 0.15) is 16.1 Å². The maximum atomic E-state index is 12.9. The van der Waals surface area contributed by atoms with E-state index < -0.39 is 16.0 Å². The second-order valence-corrected chi connectivity index (χ2v) is 6.77. The Kier molecular flexibility index (Phi) is 3.26. The number of rotatable bonds is 3.